The van der Waals surface area contributed by atoms with Gasteiger partial charge in [0.15, 0.2) is 5.75 Å². The van der Waals surface area contributed by atoms with Crippen LogP contribution >= 0.6 is 11.3 Å². The summed E-state index contributed by atoms with van der Waals surface area (Å²) < 4.78 is 12.3. The van der Waals surface area contributed by atoms with Gasteiger partial charge >= 0.3 is 0 Å². The Morgan fingerprint density at radius 1 is 1.25 bits per heavy atom. The molecule has 0 bridgehead atoms. The second kappa shape index (κ2) is 5.46. The quantitative estimate of drug-likeness (QED) is 0.732. The summed E-state index contributed by atoms with van der Waals surface area (Å²) in [5, 5.41) is 0. The first-order valence-electron chi connectivity index (χ1n) is 6.33. The van der Waals surface area contributed by atoms with Crippen LogP contribution in [0.1, 0.15) is 6.92 Å². The number of thiophene rings is 1. The van der Waals surface area contributed by atoms with Crippen molar-refractivity contribution >= 4 is 21.6 Å². The first-order chi connectivity index (χ1) is 9.85. The molecule has 0 amide bonds. The summed E-state index contributed by atoms with van der Waals surface area (Å²) in [6, 6.07) is 7.96. The molecule has 1 aromatic carbocycles. The van der Waals surface area contributed by atoms with Crippen LogP contribution in [0.25, 0.3) is 20.7 Å². The average Bonchev–Trinajstić information content (AvgIpc) is 2.86. The van der Waals surface area contributed by atoms with Crippen LogP contribution in [0.5, 0.6) is 11.5 Å². The van der Waals surface area contributed by atoms with Crippen molar-refractivity contribution in [1.29, 1.82) is 0 Å². The molecule has 0 spiro atoms. The Morgan fingerprint density at radius 2 is 2.10 bits per heavy atom. The third-order valence-electron chi connectivity index (χ3n) is 2.95. The highest BCUT2D eigenvalue weighted by Crippen LogP contribution is 2.45. The van der Waals surface area contributed by atoms with Gasteiger partial charge in [-0.3, -0.25) is 0 Å². The van der Waals surface area contributed by atoms with Crippen LogP contribution in [0.4, 0.5) is 0 Å². The summed E-state index contributed by atoms with van der Waals surface area (Å²) in [7, 11) is 1.66. The average molecular weight is 286 g/mol. The Bertz CT molecular complexity index is 740. The van der Waals surface area contributed by atoms with E-state index in [0.29, 0.717) is 6.61 Å². The standard InChI is InChI=1S/C15H14N2O2S/c1-3-19-11-7-5-4-6-10(11)15-14(18-2)13-12(20-15)8-16-9-17-13/h4-9H,3H2,1-2H3. The first kappa shape index (κ1) is 12.9. The van der Waals surface area contributed by atoms with Gasteiger partial charge in [0.2, 0.25) is 0 Å². The van der Waals surface area contributed by atoms with Crippen molar-refractivity contribution in [2.24, 2.45) is 0 Å². The molecule has 0 saturated carbocycles. The maximum absolute atomic E-state index is 5.70. The fourth-order valence-corrected chi connectivity index (χ4v) is 3.26. The van der Waals surface area contributed by atoms with Crippen LogP contribution in [0.2, 0.25) is 0 Å². The molecule has 3 aromatic rings. The van der Waals surface area contributed by atoms with Crippen molar-refractivity contribution in [1.82, 2.24) is 9.97 Å². The molecule has 2 heterocycles. The number of aromatic nitrogens is 2. The second-order valence-corrected chi connectivity index (χ2v) is 5.18. The van der Waals surface area contributed by atoms with Crippen LogP contribution in [-0.4, -0.2) is 23.7 Å². The van der Waals surface area contributed by atoms with E-state index in [4.69, 9.17) is 9.47 Å². The second-order valence-electron chi connectivity index (χ2n) is 4.13. The highest BCUT2D eigenvalue weighted by atomic mass is 32.1. The summed E-state index contributed by atoms with van der Waals surface area (Å²) >= 11 is 1.61. The van der Waals surface area contributed by atoms with Crippen LogP contribution in [0.3, 0.4) is 0 Å². The zero-order valence-corrected chi connectivity index (χ0v) is 12.1. The third-order valence-corrected chi connectivity index (χ3v) is 4.08. The number of nitrogens with zero attached hydrogens (tertiary/aromatic N) is 2. The number of ether oxygens (including phenoxy) is 2. The van der Waals surface area contributed by atoms with Crippen LogP contribution < -0.4 is 9.47 Å². The SMILES string of the molecule is CCOc1ccccc1-c1sc2cncnc2c1OC. The van der Waals surface area contributed by atoms with Gasteiger partial charge in [-0.25, -0.2) is 9.97 Å². The summed E-state index contributed by atoms with van der Waals surface area (Å²) in [5.74, 6) is 1.63. The summed E-state index contributed by atoms with van der Waals surface area (Å²) in [6.45, 7) is 2.61. The number of hydrogen-bond acceptors (Lipinski definition) is 5. The minimum Gasteiger partial charge on any atom is -0.493 e. The van der Waals surface area contributed by atoms with E-state index in [1.807, 2.05) is 37.4 Å². The summed E-state index contributed by atoms with van der Waals surface area (Å²) in [6.07, 6.45) is 3.35. The van der Waals surface area contributed by atoms with Crippen LogP contribution in [0, 0.1) is 0 Å². The van der Waals surface area contributed by atoms with Crippen molar-refractivity contribution in [2.75, 3.05) is 13.7 Å². The predicted octanol–water partition coefficient (Wildman–Crippen LogP) is 3.77. The van der Waals surface area contributed by atoms with Gasteiger partial charge < -0.3 is 9.47 Å². The van der Waals surface area contributed by atoms with Crippen LogP contribution in [-0.2, 0) is 0 Å². The Labute approximate surface area is 121 Å². The normalized spacial score (nSPS) is 10.7. The van der Waals surface area contributed by atoms with Crippen molar-refractivity contribution in [3.63, 3.8) is 0 Å². The van der Waals surface area contributed by atoms with Crippen LogP contribution in [0.15, 0.2) is 36.8 Å². The van der Waals surface area contributed by atoms with Gasteiger partial charge in [0, 0.05) is 11.8 Å². The molecule has 2 aromatic heterocycles. The highest BCUT2D eigenvalue weighted by Gasteiger charge is 2.18. The lowest BCUT2D eigenvalue weighted by molar-refractivity contribution is 0.341. The lowest BCUT2D eigenvalue weighted by Crippen LogP contribution is -1.94. The minimum absolute atomic E-state index is 0.629. The molecule has 0 saturated heterocycles. The van der Waals surface area contributed by atoms with Gasteiger partial charge in [-0.05, 0) is 19.1 Å². The van der Waals surface area contributed by atoms with Crippen molar-refractivity contribution in [3.05, 3.63) is 36.8 Å². The molecule has 0 unspecified atom stereocenters. The number of hydrogen-bond donors (Lipinski definition) is 0. The smallest absolute Gasteiger partial charge is 0.163 e. The van der Waals surface area contributed by atoms with E-state index >= 15 is 0 Å². The number of benzene rings is 1. The van der Waals surface area contributed by atoms with Crippen molar-refractivity contribution in [2.45, 2.75) is 6.92 Å². The fraction of sp³-hybridized carbons (Fsp3) is 0.200. The molecule has 0 aliphatic rings. The fourth-order valence-electron chi connectivity index (χ4n) is 2.13. The molecule has 3 rings (SSSR count). The molecule has 0 fully saturated rings. The largest absolute Gasteiger partial charge is 0.493 e. The zero-order valence-electron chi connectivity index (χ0n) is 11.3. The van der Waals surface area contributed by atoms with Gasteiger partial charge in [0.1, 0.15) is 17.6 Å². The lowest BCUT2D eigenvalue weighted by Gasteiger charge is -2.09. The Hall–Kier alpha value is -2.14. The molecule has 0 N–H and O–H groups in total. The Kier molecular flexibility index (Phi) is 3.52. The molecule has 20 heavy (non-hydrogen) atoms. The van der Waals surface area contributed by atoms with Gasteiger partial charge in [0.05, 0.1) is 23.3 Å². The minimum atomic E-state index is 0.629. The van der Waals surface area contributed by atoms with E-state index < -0.39 is 0 Å². The topological polar surface area (TPSA) is 44.2 Å². The Morgan fingerprint density at radius 3 is 2.90 bits per heavy atom. The van der Waals surface area contributed by atoms with Crippen molar-refractivity contribution < 1.29 is 9.47 Å². The van der Waals surface area contributed by atoms with Gasteiger partial charge in [-0.1, -0.05) is 12.1 Å². The number of para-hydroxylation sites is 1. The van der Waals surface area contributed by atoms with Gasteiger partial charge in [-0.2, -0.15) is 0 Å². The molecule has 0 atom stereocenters. The van der Waals surface area contributed by atoms with E-state index in [0.717, 1.165) is 32.2 Å². The maximum Gasteiger partial charge on any atom is 0.163 e. The zero-order chi connectivity index (χ0) is 13.9. The highest BCUT2D eigenvalue weighted by molar-refractivity contribution is 7.22. The molecule has 4 nitrogen and oxygen atoms in total. The third kappa shape index (κ3) is 2.10. The summed E-state index contributed by atoms with van der Waals surface area (Å²) in [4.78, 5) is 9.39. The predicted molar refractivity (Wildman–Crippen MR) is 80.6 cm³/mol. The van der Waals surface area contributed by atoms with E-state index in [1.54, 1.807) is 18.4 Å². The number of rotatable bonds is 4. The van der Waals surface area contributed by atoms with E-state index in [1.165, 1.54) is 6.33 Å². The van der Waals surface area contributed by atoms with Gasteiger partial charge in [0.25, 0.3) is 0 Å². The molecule has 0 radical (unpaired) electrons. The summed E-state index contributed by atoms with van der Waals surface area (Å²) in [5.41, 5.74) is 1.86. The molecular formula is C15H14N2O2S. The Balaban J connectivity index is 2.24. The number of methoxy groups -OCH3 is 1. The maximum atomic E-state index is 5.70. The van der Waals surface area contributed by atoms with E-state index in [-0.39, 0.29) is 0 Å². The molecule has 0 aliphatic heterocycles. The molecular weight excluding hydrogens is 272 g/mol. The first-order valence-corrected chi connectivity index (χ1v) is 7.15. The van der Waals surface area contributed by atoms with E-state index in [2.05, 4.69) is 9.97 Å². The van der Waals surface area contributed by atoms with Gasteiger partial charge in [-0.15, -0.1) is 11.3 Å². The molecule has 0 aliphatic carbocycles. The lowest BCUT2D eigenvalue weighted by atomic mass is 10.1. The molecule has 102 valence electrons. The van der Waals surface area contributed by atoms with Crippen molar-refractivity contribution in [3.8, 4) is 21.9 Å². The monoisotopic (exact) mass is 286 g/mol. The molecule has 5 heteroatoms. The van der Waals surface area contributed by atoms with E-state index in [9.17, 15) is 0 Å². The number of fused-ring (bicyclic) bond motifs is 1.